The minimum Gasteiger partial charge on any atom is -0.462 e. The fraction of sp³-hybridized carbons (Fsp3) is 0.876. The number of ether oxygens (including phenoxy) is 4. The van der Waals surface area contributed by atoms with Gasteiger partial charge in [0.25, 0.3) is 0 Å². The Morgan fingerprint density at radius 2 is 0.588 bits per heavy atom. The zero-order chi connectivity index (χ0) is 83.7. The lowest BCUT2D eigenvalue weighted by Crippen LogP contribution is -2.42. The van der Waals surface area contributed by atoms with Crippen molar-refractivity contribution in [2.45, 2.75) is 425 Å². The number of amides is 4. The van der Waals surface area contributed by atoms with Crippen LogP contribution in [0.4, 0.5) is 4.79 Å². The van der Waals surface area contributed by atoms with Crippen molar-refractivity contribution in [3.8, 4) is 0 Å². The molecule has 0 rings (SSSR count). The normalized spacial score (nSPS) is 13.6. The highest BCUT2D eigenvalue weighted by Crippen LogP contribution is 2.50. The molecule has 0 aliphatic heterocycles. The Morgan fingerprint density at radius 3 is 0.877 bits per heavy atom. The molecule has 4 N–H and O–H groups in total. The summed E-state index contributed by atoms with van der Waals surface area (Å²) in [4.78, 5) is 92.6. The molecule has 0 bridgehead atoms. The number of hydrogen-bond acceptors (Lipinski definition) is 19. The number of rotatable bonds is 90. The molecule has 0 aliphatic rings. The van der Waals surface area contributed by atoms with Gasteiger partial charge in [-0.3, -0.25) is 55.9 Å². The average Bonchev–Trinajstić information content (AvgIpc) is 0.555. The number of urea groups is 1. The third-order valence-electron chi connectivity index (χ3n) is 20.0. The van der Waals surface area contributed by atoms with Crippen molar-refractivity contribution in [2.75, 3.05) is 79.2 Å². The predicted molar refractivity (Wildman–Crippen MR) is 461 cm³/mol. The van der Waals surface area contributed by atoms with E-state index in [9.17, 15) is 42.7 Å². The maximum absolute atomic E-state index is 14.2. The quantitative estimate of drug-likeness (QED) is 0.0145. The second kappa shape index (κ2) is 81.5. The number of phosphoric ester groups is 2. The monoisotopic (exact) mass is 1660 g/mol. The molecule has 0 aromatic rings. The van der Waals surface area contributed by atoms with Gasteiger partial charge in [0.1, 0.15) is 23.8 Å². The number of carbonyl (C=O) groups is 7. The molecule has 0 aliphatic carbocycles. The van der Waals surface area contributed by atoms with Crippen LogP contribution < -0.4 is 21.3 Å². The summed E-state index contributed by atoms with van der Waals surface area (Å²) < 4.78 is 86.8. The number of carbonyl (C=O) groups excluding carboxylic acids is 7. The van der Waals surface area contributed by atoms with Crippen LogP contribution in [0.25, 0.3) is 0 Å². The largest absolute Gasteiger partial charge is 0.475 e. The number of unbranched alkanes of at least 4 members (excludes halogenated alkanes) is 40. The third kappa shape index (κ3) is 73.3. The molecular formula is C89H168N4O19P2. The highest BCUT2D eigenvalue weighted by atomic mass is 31.2. The molecule has 25 heteroatoms. The fourth-order valence-electron chi connectivity index (χ4n) is 13.2. The van der Waals surface area contributed by atoms with Crippen molar-refractivity contribution < 1.29 is 88.8 Å². The molecule has 2 unspecified atom stereocenters. The van der Waals surface area contributed by atoms with Crippen molar-refractivity contribution >= 4 is 57.0 Å². The van der Waals surface area contributed by atoms with Crippen molar-refractivity contribution in [1.82, 2.24) is 21.3 Å². The Kier molecular flexibility index (Phi) is 78.7. The molecule has 0 heterocycles. The van der Waals surface area contributed by atoms with Crippen LogP contribution in [0.15, 0.2) is 25.3 Å². The second-order valence-electron chi connectivity index (χ2n) is 31.1. The summed E-state index contributed by atoms with van der Waals surface area (Å²) in [5.74, 6) is -1.93. The van der Waals surface area contributed by atoms with Crippen molar-refractivity contribution in [2.24, 2.45) is 0 Å². The van der Waals surface area contributed by atoms with Crippen LogP contribution >= 0.6 is 15.6 Å². The average molecular weight is 1660 g/mol. The lowest BCUT2D eigenvalue weighted by molar-refractivity contribution is -0.151. The zero-order valence-electron chi connectivity index (χ0n) is 73.1. The maximum Gasteiger partial charge on any atom is 0.475 e. The van der Waals surface area contributed by atoms with Crippen molar-refractivity contribution in [1.29, 1.82) is 0 Å². The van der Waals surface area contributed by atoms with Crippen LogP contribution in [0.2, 0.25) is 0 Å². The maximum atomic E-state index is 14.2. The van der Waals surface area contributed by atoms with Crippen LogP contribution in [0.5, 0.6) is 0 Å². The highest BCUT2D eigenvalue weighted by Gasteiger charge is 2.31. The van der Waals surface area contributed by atoms with Crippen LogP contribution in [0, 0.1) is 0 Å². The fourth-order valence-corrected chi connectivity index (χ4v) is 15.6. The Morgan fingerprint density at radius 1 is 0.316 bits per heavy atom. The molecule has 6 atom stereocenters. The van der Waals surface area contributed by atoms with Crippen LogP contribution in [0.3, 0.4) is 0 Å². The first kappa shape index (κ1) is 110. The highest BCUT2D eigenvalue weighted by molar-refractivity contribution is 7.48. The standard InChI is InChI=1S/C89H168N4O19P2/c1-9-17-23-29-33-37-41-47-51-57-81(94)73-85(96)92-79(75-103-69-63-83(59-53-45-27-21-13-5)111-87(98)61-55-49-43-39-35-31-25-19-11-3)77-109-113(101,105-67-15-7)107-71-65-90-89(100)91-66-72-108-114(102,106-68-16-8)110-78-80(93-86(97)74-82(95)58-52-48-42-38-34-30-24-18-10-2)76-104-70-64-84(60-54-46-28-22-14-6)112-88(99)62-56-50-44-40-36-32-26-20-12-4/h15-16,79-80,83-84H,7-14,17-78H2,1-6H3,(H,92,96)(H,93,97)(H2,90,91,100)/t79-,80-,83+,84+,113?,114?/m1/s1. The third-order valence-corrected chi connectivity index (χ3v) is 22.9. The Bertz CT molecular complexity index is 2290. The molecule has 0 aromatic heterocycles. The van der Waals surface area contributed by atoms with Gasteiger partial charge in [0.15, 0.2) is 0 Å². The van der Waals surface area contributed by atoms with Gasteiger partial charge in [-0.2, -0.15) is 0 Å². The van der Waals surface area contributed by atoms with E-state index in [1.165, 1.54) is 153 Å². The Labute approximate surface area is 693 Å². The topological polar surface area (TPSA) is 294 Å². The number of ketones is 2. The predicted octanol–water partition coefficient (Wildman–Crippen LogP) is 22.9. The molecule has 4 amide bonds. The SMILES string of the molecule is C=CCOP(=O)(OCCNC(=O)NCCOP(=O)(OCC=C)OC[C@@H](COCC[C@H](CCCCCCC)OC(=O)CCCCCCCCCCC)NC(=O)CC(=O)CCCCCCCCCCC)OC[C@@H](COCC[C@H](CCCCCCC)OC(=O)CCCCCCCCCCC)NC(=O)CC(=O)CCCCCCCCCCC. The number of nitrogens with one attached hydrogen (secondary N) is 4. The van der Waals surface area contributed by atoms with E-state index < -0.39 is 58.8 Å². The summed E-state index contributed by atoms with van der Waals surface area (Å²) >= 11 is 0. The minimum absolute atomic E-state index is 0.111. The van der Waals surface area contributed by atoms with Gasteiger partial charge in [0, 0.05) is 51.6 Å². The lowest BCUT2D eigenvalue weighted by Gasteiger charge is -2.23. The second-order valence-corrected chi connectivity index (χ2v) is 34.5. The van der Waals surface area contributed by atoms with E-state index in [1.807, 2.05) is 0 Å². The Balaban J connectivity index is 6.11. The van der Waals surface area contributed by atoms with E-state index in [0.717, 1.165) is 141 Å². The van der Waals surface area contributed by atoms with Gasteiger partial charge >= 0.3 is 33.6 Å². The lowest BCUT2D eigenvalue weighted by atomic mass is 10.0. The summed E-state index contributed by atoms with van der Waals surface area (Å²) in [6.45, 7) is 18.2. The summed E-state index contributed by atoms with van der Waals surface area (Å²) in [5.41, 5.74) is 0. The smallest absolute Gasteiger partial charge is 0.462 e. The number of hydrogen-bond donors (Lipinski definition) is 4. The van der Waals surface area contributed by atoms with Gasteiger partial charge in [0.2, 0.25) is 11.8 Å². The van der Waals surface area contributed by atoms with Crippen molar-refractivity contribution in [3.05, 3.63) is 25.3 Å². The van der Waals surface area contributed by atoms with Crippen molar-refractivity contribution in [3.63, 3.8) is 0 Å². The van der Waals surface area contributed by atoms with E-state index in [2.05, 4.69) is 76.0 Å². The molecule has 0 saturated heterocycles. The molecule has 0 fully saturated rings. The van der Waals surface area contributed by atoms with Crippen LogP contribution in [-0.2, 0) is 84.0 Å². The van der Waals surface area contributed by atoms with Crippen LogP contribution in [0.1, 0.15) is 401 Å². The van der Waals surface area contributed by atoms with Gasteiger partial charge in [-0.15, -0.1) is 13.2 Å². The van der Waals surface area contributed by atoms with E-state index in [-0.39, 0.29) is 127 Å². The van der Waals surface area contributed by atoms with Crippen LogP contribution in [-0.4, -0.2) is 145 Å². The first-order chi connectivity index (χ1) is 55.4. The van der Waals surface area contributed by atoms with E-state index >= 15 is 0 Å². The van der Waals surface area contributed by atoms with E-state index in [4.69, 9.17) is 46.1 Å². The van der Waals surface area contributed by atoms with Gasteiger partial charge in [-0.1, -0.05) is 311 Å². The minimum atomic E-state index is -4.42. The first-order valence-corrected chi connectivity index (χ1v) is 48.8. The molecule has 23 nitrogen and oxygen atoms in total. The summed E-state index contributed by atoms with van der Waals surface area (Å²) in [7, 11) is -8.83. The summed E-state index contributed by atoms with van der Waals surface area (Å²) in [6.07, 6.45) is 55.5. The zero-order valence-corrected chi connectivity index (χ0v) is 74.9. The van der Waals surface area contributed by atoms with Gasteiger partial charge < -0.3 is 40.2 Å². The molecule has 0 radical (unpaired) electrons. The van der Waals surface area contributed by atoms with Gasteiger partial charge in [0.05, 0.1) is 91.0 Å². The van der Waals surface area contributed by atoms with Gasteiger partial charge in [-0.25, -0.2) is 13.9 Å². The molecule has 114 heavy (non-hydrogen) atoms. The molecular weight excluding hydrogens is 1490 g/mol. The summed E-state index contributed by atoms with van der Waals surface area (Å²) in [6, 6.07) is -2.54. The van der Waals surface area contributed by atoms with E-state index in [1.54, 1.807) is 0 Å². The molecule has 0 spiro atoms. The van der Waals surface area contributed by atoms with Gasteiger partial charge in [-0.05, 0) is 51.4 Å². The molecule has 0 aromatic carbocycles. The number of Topliss-reactive ketones (excluding diaryl/α,β-unsaturated/α-hetero) is 2. The van der Waals surface area contributed by atoms with E-state index in [0.29, 0.717) is 51.4 Å². The number of esters is 2. The number of phosphoric acid groups is 2. The molecule has 0 saturated carbocycles. The Hall–Kier alpha value is -3.89. The summed E-state index contributed by atoms with van der Waals surface area (Å²) in [5, 5.41) is 10.8. The molecule has 668 valence electrons. The first-order valence-electron chi connectivity index (χ1n) is 45.9.